The summed E-state index contributed by atoms with van der Waals surface area (Å²) >= 11 is 0. The molecule has 1 aromatic carbocycles. The Balaban J connectivity index is 1.81. The quantitative estimate of drug-likeness (QED) is 0.849. The maximum Gasteiger partial charge on any atom is 0.115 e. The van der Waals surface area contributed by atoms with Crippen LogP contribution in [0.15, 0.2) is 24.3 Å². The summed E-state index contributed by atoms with van der Waals surface area (Å²) in [5, 5.41) is 9.52. The predicted octanol–water partition coefficient (Wildman–Crippen LogP) is 4.90. The summed E-state index contributed by atoms with van der Waals surface area (Å²) in [5.41, 5.74) is 1.18. The van der Waals surface area contributed by atoms with E-state index in [2.05, 4.69) is 12.1 Å². The van der Waals surface area contributed by atoms with E-state index in [9.17, 15) is 5.11 Å². The molecular weight excluding hydrogens is 248 g/mol. The number of hydrogen-bond acceptors (Lipinski definition) is 2. The van der Waals surface area contributed by atoms with E-state index in [1.54, 1.807) is 12.1 Å². The van der Waals surface area contributed by atoms with Crippen LogP contribution in [0.5, 0.6) is 5.75 Å². The molecule has 2 saturated carbocycles. The first-order valence-electron chi connectivity index (χ1n) is 8.26. The van der Waals surface area contributed by atoms with Gasteiger partial charge < -0.3 is 9.84 Å². The van der Waals surface area contributed by atoms with Gasteiger partial charge in [-0.1, -0.05) is 50.7 Å². The van der Waals surface area contributed by atoms with Gasteiger partial charge in [-0.3, -0.25) is 0 Å². The highest BCUT2D eigenvalue weighted by Gasteiger charge is 2.37. The number of hydrogen-bond donors (Lipinski definition) is 1. The molecule has 0 saturated heterocycles. The van der Waals surface area contributed by atoms with Crippen LogP contribution in [0.3, 0.4) is 0 Å². The summed E-state index contributed by atoms with van der Waals surface area (Å²) in [6.07, 6.45) is 13.0. The van der Waals surface area contributed by atoms with Crippen molar-refractivity contribution in [2.75, 3.05) is 0 Å². The van der Waals surface area contributed by atoms with E-state index in [1.165, 1.54) is 56.9 Å². The van der Waals surface area contributed by atoms with Crippen molar-refractivity contribution in [1.82, 2.24) is 0 Å². The molecule has 0 radical (unpaired) electrons. The number of rotatable bonds is 3. The van der Waals surface area contributed by atoms with Gasteiger partial charge in [-0.2, -0.15) is 0 Å². The Labute approximate surface area is 122 Å². The van der Waals surface area contributed by atoms with Gasteiger partial charge in [-0.15, -0.1) is 0 Å². The number of phenols is 1. The summed E-state index contributed by atoms with van der Waals surface area (Å²) in [5.74, 6) is 0.345. The molecule has 3 rings (SSSR count). The zero-order valence-electron chi connectivity index (χ0n) is 12.3. The van der Waals surface area contributed by atoms with Gasteiger partial charge in [-0.05, 0) is 43.4 Å². The third-order valence-electron chi connectivity index (χ3n) is 5.00. The Morgan fingerprint density at radius 1 is 0.850 bits per heavy atom. The number of benzene rings is 1. The van der Waals surface area contributed by atoms with E-state index in [1.807, 2.05) is 0 Å². The Morgan fingerprint density at radius 3 is 2.10 bits per heavy atom. The monoisotopic (exact) mass is 274 g/mol. The minimum absolute atomic E-state index is 0.0893. The standard InChI is InChI=1S/C18H26O2/c19-16-11-9-15(10-12-16)18(13-5-2-6-14-18)20-17-7-3-1-4-8-17/h9-12,17,19H,1-8,13-14H2. The Bertz CT molecular complexity index is 412. The van der Waals surface area contributed by atoms with Gasteiger partial charge in [0.2, 0.25) is 0 Å². The smallest absolute Gasteiger partial charge is 0.115 e. The van der Waals surface area contributed by atoms with Crippen LogP contribution < -0.4 is 0 Å². The van der Waals surface area contributed by atoms with Gasteiger partial charge in [0, 0.05) is 0 Å². The first kappa shape index (κ1) is 13.9. The Hall–Kier alpha value is -1.02. The third kappa shape index (κ3) is 3.01. The van der Waals surface area contributed by atoms with Crippen molar-refractivity contribution >= 4 is 0 Å². The maximum atomic E-state index is 9.52. The van der Waals surface area contributed by atoms with Crippen LogP contribution in [0.1, 0.15) is 69.8 Å². The molecular formula is C18H26O2. The predicted molar refractivity (Wildman–Crippen MR) is 80.8 cm³/mol. The second kappa shape index (κ2) is 6.17. The van der Waals surface area contributed by atoms with Gasteiger partial charge in [0.25, 0.3) is 0 Å². The van der Waals surface area contributed by atoms with E-state index >= 15 is 0 Å². The van der Waals surface area contributed by atoms with Crippen molar-refractivity contribution < 1.29 is 9.84 Å². The second-order valence-electron chi connectivity index (χ2n) is 6.48. The first-order valence-corrected chi connectivity index (χ1v) is 8.26. The van der Waals surface area contributed by atoms with Crippen LogP contribution in [-0.2, 0) is 10.3 Å². The summed E-state index contributed by atoms with van der Waals surface area (Å²) in [7, 11) is 0. The number of aromatic hydroxyl groups is 1. The molecule has 2 heteroatoms. The zero-order valence-corrected chi connectivity index (χ0v) is 12.3. The van der Waals surface area contributed by atoms with E-state index in [0.717, 1.165) is 12.8 Å². The van der Waals surface area contributed by atoms with Crippen LogP contribution in [0.25, 0.3) is 0 Å². The highest BCUT2D eigenvalue weighted by molar-refractivity contribution is 5.30. The fourth-order valence-electron chi connectivity index (χ4n) is 3.86. The van der Waals surface area contributed by atoms with E-state index in [-0.39, 0.29) is 5.60 Å². The fraction of sp³-hybridized carbons (Fsp3) is 0.667. The highest BCUT2D eigenvalue weighted by Crippen LogP contribution is 2.43. The number of phenolic OH excluding ortho intramolecular Hbond substituents is 1. The molecule has 0 atom stereocenters. The minimum atomic E-state index is -0.0893. The zero-order chi connectivity index (χ0) is 13.8. The van der Waals surface area contributed by atoms with Crippen molar-refractivity contribution in [3.05, 3.63) is 29.8 Å². The van der Waals surface area contributed by atoms with Gasteiger partial charge in [-0.25, -0.2) is 0 Å². The Kier molecular flexibility index (Phi) is 4.30. The molecule has 0 heterocycles. The lowest BCUT2D eigenvalue weighted by molar-refractivity contribution is -0.129. The highest BCUT2D eigenvalue weighted by atomic mass is 16.5. The summed E-state index contributed by atoms with van der Waals surface area (Å²) in [4.78, 5) is 0. The van der Waals surface area contributed by atoms with E-state index in [4.69, 9.17) is 4.74 Å². The molecule has 1 aromatic rings. The molecule has 2 aliphatic carbocycles. The van der Waals surface area contributed by atoms with Crippen molar-refractivity contribution in [3.63, 3.8) is 0 Å². The molecule has 20 heavy (non-hydrogen) atoms. The van der Waals surface area contributed by atoms with Crippen LogP contribution in [0.4, 0.5) is 0 Å². The van der Waals surface area contributed by atoms with Gasteiger partial charge >= 0.3 is 0 Å². The van der Waals surface area contributed by atoms with Crippen molar-refractivity contribution in [2.45, 2.75) is 75.9 Å². The molecule has 2 nitrogen and oxygen atoms in total. The molecule has 0 spiro atoms. The molecule has 0 aliphatic heterocycles. The first-order chi connectivity index (χ1) is 9.78. The Morgan fingerprint density at radius 2 is 1.45 bits per heavy atom. The average molecular weight is 274 g/mol. The topological polar surface area (TPSA) is 29.5 Å². The molecule has 0 unspecified atom stereocenters. The second-order valence-corrected chi connectivity index (χ2v) is 6.48. The minimum Gasteiger partial charge on any atom is -0.508 e. The molecule has 0 bridgehead atoms. The maximum absolute atomic E-state index is 9.52. The lowest BCUT2D eigenvalue weighted by Gasteiger charge is -2.41. The van der Waals surface area contributed by atoms with E-state index in [0.29, 0.717) is 11.9 Å². The van der Waals surface area contributed by atoms with Crippen LogP contribution in [0.2, 0.25) is 0 Å². The number of ether oxygens (including phenoxy) is 1. The third-order valence-corrected chi connectivity index (χ3v) is 5.00. The molecule has 2 aliphatic rings. The molecule has 0 aromatic heterocycles. The van der Waals surface area contributed by atoms with Gasteiger partial charge in [0.05, 0.1) is 11.7 Å². The lowest BCUT2D eigenvalue weighted by Crippen LogP contribution is -2.37. The lowest BCUT2D eigenvalue weighted by atomic mass is 9.79. The van der Waals surface area contributed by atoms with E-state index < -0.39 is 0 Å². The van der Waals surface area contributed by atoms with Crippen molar-refractivity contribution in [3.8, 4) is 5.75 Å². The van der Waals surface area contributed by atoms with Crippen LogP contribution in [-0.4, -0.2) is 11.2 Å². The molecule has 1 N–H and O–H groups in total. The van der Waals surface area contributed by atoms with Gasteiger partial charge in [0.1, 0.15) is 5.75 Å². The average Bonchev–Trinajstić information content (AvgIpc) is 2.50. The molecule has 110 valence electrons. The molecule has 0 amide bonds. The van der Waals surface area contributed by atoms with Crippen LogP contribution in [0, 0.1) is 0 Å². The normalized spacial score (nSPS) is 23.6. The SMILES string of the molecule is Oc1ccc(C2(OC3CCCCC3)CCCCC2)cc1. The fourth-order valence-corrected chi connectivity index (χ4v) is 3.86. The van der Waals surface area contributed by atoms with Crippen LogP contribution >= 0.6 is 0 Å². The summed E-state index contributed by atoms with van der Waals surface area (Å²) < 4.78 is 6.66. The van der Waals surface area contributed by atoms with Gasteiger partial charge in [0.15, 0.2) is 0 Å². The summed E-state index contributed by atoms with van der Waals surface area (Å²) in [6, 6.07) is 7.72. The van der Waals surface area contributed by atoms with Crippen molar-refractivity contribution in [1.29, 1.82) is 0 Å². The molecule has 2 fully saturated rings. The summed E-state index contributed by atoms with van der Waals surface area (Å²) in [6.45, 7) is 0. The van der Waals surface area contributed by atoms with Crippen molar-refractivity contribution in [2.24, 2.45) is 0 Å². The largest absolute Gasteiger partial charge is 0.508 e.